The van der Waals surface area contributed by atoms with Gasteiger partial charge in [0.2, 0.25) is 0 Å². The van der Waals surface area contributed by atoms with E-state index in [9.17, 15) is 4.39 Å². The summed E-state index contributed by atoms with van der Waals surface area (Å²) in [5.41, 5.74) is 2.24. The van der Waals surface area contributed by atoms with Crippen molar-refractivity contribution < 1.29 is 4.39 Å². The Morgan fingerprint density at radius 3 is 1.92 bits per heavy atom. The maximum atomic E-state index is 14.9. The average Bonchev–Trinajstić information content (AvgIpc) is 2.69. The van der Waals surface area contributed by atoms with Gasteiger partial charge < -0.3 is 0 Å². The van der Waals surface area contributed by atoms with Gasteiger partial charge >= 0.3 is 0 Å². The molecule has 2 heteroatoms. The third-order valence-electron chi connectivity index (χ3n) is 7.80. The van der Waals surface area contributed by atoms with Crippen LogP contribution in [-0.4, -0.2) is 7.85 Å². The summed E-state index contributed by atoms with van der Waals surface area (Å²) in [5.74, 6) is 3.30. The van der Waals surface area contributed by atoms with Gasteiger partial charge in [-0.05, 0) is 79.4 Å². The van der Waals surface area contributed by atoms with Crippen LogP contribution in [0.25, 0.3) is 0 Å². The first-order valence-electron chi connectivity index (χ1n) is 11.3. The summed E-state index contributed by atoms with van der Waals surface area (Å²) in [5, 5.41) is 0. The molecule has 1 aromatic rings. The minimum Gasteiger partial charge on any atom is -0.207 e. The predicted molar refractivity (Wildman–Crippen MR) is 108 cm³/mol. The van der Waals surface area contributed by atoms with Gasteiger partial charge in [0.05, 0.1) is 7.85 Å². The maximum absolute atomic E-state index is 14.9. The van der Waals surface area contributed by atoms with Gasteiger partial charge in [-0.15, -0.1) is 0 Å². The number of hydrogen-bond acceptors (Lipinski definition) is 0. The number of halogens is 1. The Labute approximate surface area is 160 Å². The lowest BCUT2D eigenvalue weighted by molar-refractivity contribution is 0.185. The van der Waals surface area contributed by atoms with E-state index < -0.39 is 0 Å². The molecule has 0 aliphatic heterocycles. The van der Waals surface area contributed by atoms with E-state index in [0.717, 1.165) is 17.4 Å². The van der Waals surface area contributed by atoms with Crippen LogP contribution in [0.2, 0.25) is 5.82 Å². The molecule has 26 heavy (non-hydrogen) atoms. The van der Waals surface area contributed by atoms with Gasteiger partial charge in [-0.25, -0.2) is 4.39 Å². The first-order chi connectivity index (χ1) is 12.7. The minimum atomic E-state index is 0.0696. The fraction of sp³-hybridized carbons (Fsp3) is 0.750. The zero-order valence-electron chi connectivity index (χ0n) is 16.3. The van der Waals surface area contributed by atoms with E-state index in [1.807, 2.05) is 6.07 Å². The van der Waals surface area contributed by atoms with Crippen LogP contribution >= 0.6 is 0 Å². The Bertz CT molecular complexity index is 576. The third-order valence-corrected chi connectivity index (χ3v) is 7.80. The lowest BCUT2D eigenvalue weighted by atomic mass is 9.65. The molecule has 0 bridgehead atoms. The van der Waals surface area contributed by atoms with Crippen molar-refractivity contribution in [3.8, 4) is 0 Å². The second-order valence-corrected chi connectivity index (χ2v) is 9.40. The van der Waals surface area contributed by atoms with Crippen molar-refractivity contribution in [3.63, 3.8) is 0 Å². The Morgan fingerprint density at radius 1 is 0.692 bits per heavy atom. The van der Waals surface area contributed by atoms with Crippen molar-refractivity contribution >= 4 is 7.85 Å². The Morgan fingerprint density at radius 2 is 1.31 bits per heavy atom. The summed E-state index contributed by atoms with van der Waals surface area (Å²) >= 11 is 0. The molecule has 0 N–H and O–H groups in total. The molecule has 2 radical (unpaired) electrons. The van der Waals surface area contributed by atoms with Gasteiger partial charge in [0.25, 0.3) is 0 Å². The summed E-state index contributed by atoms with van der Waals surface area (Å²) in [6.45, 7) is 0. The maximum Gasteiger partial charge on any atom is 0.126 e. The van der Waals surface area contributed by atoms with Crippen LogP contribution in [0.4, 0.5) is 4.39 Å². The first-order valence-corrected chi connectivity index (χ1v) is 11.3. The molecule has 3 aliphatic carbocycles. The van der Waals surface area contributed by atoms with E-state index in [1.54, 1.807) is 0 Å². The van der Waals surface area contributed by atoms with Crippen molar-refractivity contribution in [2.24, 2.45) is 11.8 Å². The van der Waals surface area contributed by atoms with Crippen LogP contribution in [0.15, 0.2) is 18.2 Å². The molecule has 3 fully saturated rings. The molecular formula is C24H34BF. The molecule has 0 spiro atoms. The minimum absolute atomic E-state index is 0.0696. The zero-order chi connectivity index (χ0) is 17.9. The molecule has 0 heterocycles. The number of rotatable bonds is 3. The third kappa shape index (κ3) is 4.20. The van der Waals surface area contributed by atoms with Crippen molar-refractivity contribution in [1.29, 1.82) is 0 Å². The molecule has 0 nitrogen and oxygen atoms in total. The van der Waals surface area contributed by atoms with E-state index in [4.69, 9.17) is 7.85 Å². The molecule has 3 aliphatic rings. The van der Waals surface area contributed by atoms with Crippen molar-refractivity contribution in [3.05, 3.63) is 35.1 Å². The summed E-state index contributed by atoms with van der Waals surface area (Å²) in [6, 6.07) is 6.24. The summed E-state index contributed by atoms with van der Waals surface area (Å²) in [6.07, 6.45) is 16.4. The molecule has 0 amide bonds. The van der Waals surface area contributed by atoms with Crippen LogP contribution < -0.4 is 0 Å². The van der Waals surface area contributed by atoms with Crippen molar-refractivity contribution in [2.75, 3.05) is 0 Å². The smallest absolute Gasteiger partial charge is 0.126 e. The zero-order valence-corrected chi connectivity index (χ0v) is 16.3. The van der Waals surface area contributed by atoms with Crippen LogP contribution in [0, 0.1) is 17.7 Å². The monoisotopic (exact) mass is 352 g/mol. The fourth-order valence-corrected chi connectivity index (χ4v) is 6.08. The molecule has 3 saturated carbocycles. The molecular weight excluding hydrogens is 318 g/mol. The van der Waals surface area contributed by atoms with E-state index >= 15 is 0 Å². The highest BCUT2D eigenvalue weighted by molar-refractivity contribution is 6.11. The summed E-state index contributed by atoms with van der Waals surface area (Å²) in [7, 11) is 6.07. The highest BCUT2D eigenvalue weighted by Gasteiger charge is 2.31. The second kappa shape index (κ2) is 8.49. The van der Waals surface area contributed by atoms with E-state index in [1.165, 1.54) is 89.0 Å². The topological polar surface area (TPSA) is 0 Å². The quantitative estimate of drug-likeness (QED) is 0.501. The SMILES string of the molecule is [B]C1CCC(C2CCC(c3ccc(C4CCCCC4)cc3F)CC2)CC1. The van der Waals surface area contributed by atoms with Crippen LogP contribution in [-0.2, 0) is 0 Å². The van der Waals surface area contributed by atoms with Crippen LogP contribution in [0.1, 0.15) is 106 Å². The number of benzene rings is 1. The Kier molecular flexibility index (Phi) is 6.06. The molecule has 0 saturated heterocycles. The number of hydrogen-bond donors (Lipinski definition) is 0. The lowest BCUT2D eigenvalue weighted by Gasteiger charge is -2.37. The van der Waals surface area contributed by atoms with E-state index in [-0.39, 0.29) is 5.82 Å². The van der Waals surface area contributed by atoms with Gasteiger partial charge in [-0.3, -0.25) is 0 Å². The standard InChI is InChI=1S/C24H34BF/c25-22-13-10-19(11-14-22)18-6-8-20(9-7-18)23-15-12-21(16-24(23)26)17-4-2-1-3-5-17/h12,15-20,22H,1-11,13-14H2. The summed E-state index contributed by atoms with van der Waals surface area (Å²) in [4.78, 5) is 0. The summed E-state index contributed by atoms with van der Waals surface area (Å²) < 4.78 is 14.9. The van der Waals surface area contributed by atoms with Crippen molar-refractivity contribution in [2.45, 2.75) is 101 Å². The fourth-order valence-electron chi connectivity index (χ4n) is 6.08. The average molecular weight is 352 g/mol. The Hall–Kier alpha value is -0.785. The second-order valence-electron chi connectivity index (χ2n) is 9.40. The van der Waals surface area contributed by atoms with Gasteiger partial charge in [0.15, 0.2) is 0 Å². The first kappa shape index (κ1) is 18.6. The normalized spacial score (nSPS) is 33.9. The largest absolute Gasteiger partial charge is 0.207 e. The Balaban J connectivity index is 1.35. The van der Waals surface area contributed by atoms with Gasteiger partial charge in [-0.2, -0.15) is 0 Å². The van der Waals surface area contributed by atoms with Gasteiger partial charge in [-0.1, -0.05) is 62.9 Å². The van der Waals surface area contributed by atoms with Gasteiger partial charge in [0, 0.05) is 0 Å². The molecule has 1 aromatic carbocycles. The molecule has 4 rings (SSSR count). The van der Waals surface area contributed by atoms with Crippen LogP contribution in [0.5, 0.6) is 0 Å². The van der Waals surface area contributed by atoms with Gasteiger partial charge in [0.1, 0.15) is 5.82 Å². The highest BCUT2D eigenvalue weighted by atomic mass is 19.1. The van der Waals surface area contributed by atoms with Crippen LogP contribution in [0.3, 0.4) is 0 Å². The molecule has 0 atom stereocenters. The van der Waals surface area contributed by atoms with Crippen molar-refractivity contribution in [1.82, 2.24) is 0 Å². The van der Waals surface area contributed by atoms with E-state index in [0.29, 0.717) is 17.7 Å². The van der Waals surface area contributed by atoms with E-state index in [2.05, 4.69) is 12.1 Å². The predicted octanol–water partition coefficient (Wildman–Crippen LogP) is 7.29. The molecule has 0 unspecified atom stereocenters. The molecule has 0 aromatic heterocycles. The highest BCUT2D eigenvalue weighted by Crippen LogP contribution is 2.45. The lowest BCUT2D eigenvalue weighted by Crippen LogP contribution is -2.24. The molecule has 140 valence electrons.